The van der Waals surface area contributed by atoms with Gasteiger partial charge in [-0.05, 0) is 33.6 Å². The first-order chi connectivity index (χ1) is 10.6. The zero-order valence-electron chi connectivity index (χ0n) is 11.8. The molecular weight excluding hydrogens is 344 g/mol. The first-order valence-electron chi connectivity index (χ1n) is 6.63. The number of nitriles is 1. The van der Waals surface area contributed by atoms with E-state index in [2.05, 4.69) is 32.3 Å². The second-order valence-electron chi connectivity index (χ2n) is 4.86. The van der Waals surface area contributed by atoms with Gasteiger partial charge in [0.15, 0.2) is 0 Å². The van der Waals surface area contributed by atoms with Crippen LogP contribution in [-0.4, -0.2) is 12.0 Å². The zero-order chi connectivity index (χ0) is 15.7. The van der Waals surface area contributed by atoms with Crippen molar-refractivity contribution in [1.29, 1.82) is 5.26 Å². The molecule has 2 heterocycles. The highest BCUT2D eigenvalue weighted by Crippen LogP contribution is 2.43. The summed E-state index contributed by atoms with van der Waals surface area (Å²) in [4.78, 5) is 4.19. The Bertz CT molecular complexity index is 810. The summed E-state index contributed by atoms with van der Waals surface area (Å²) >= 11 is 3.41. The van der Waals surface area contributed by atoms with Crippen molar-refractivity contribution < 1.29 is 4.74 Å². The van der Waals surface area contributed by atoms with Crippen LogP contribution in [0.3, 0.4) is 0 Å². The number of benzene rings is 1. The van der Waals surface area contributed by atoms with Crippen LogP contribution in [0, 0.1) is 11.3 Å². The normalized spacial score (nSPS) is 16.5. The van der Waals surface area contributed by atoms with E-state index in [1.165, 1.54) is 0 Å². The molecule has 1 aliphatic rings. The molecule has 0 amide bonds. The molecular formula is C16H13BrN4O. The summed E-state index contributed by atoms with van der Waals surface area (Å²) in [5.41, 5.74) is 9.03. The number of hydrogen-bond acceptors (Lipinski definition) is 5. The minimum Gasteiger partial charge on any atom is -0.440 e. The van der Waals surface area contributed by atoms with Crippen molar-refractivity contribution in [3.63, 3.8) is 0 Å². The monoisotopic (exact) mass is 356 g/mol. The van der Waals surface area contributed by atoms with Crippen molar-refractivity contribution in [1.82, 2.24) is 4.98 Å². The highest BCUT2D eigenvalue weighted by Gasteiger charge is 2.31. The highest BCUT2D eigenvalue weighted by atomic mass is 79.9. The molecule has 110 valence electrons. The summed E-state index contributed by atoms with van der Waals surface area (Å²) in [7, 11) is 1.83. The van der Waals surface area contributed by atoms with Gasteiger partial charge in [-0.1, -0.05) is 6.07 Å². The molecule has 0 spiro atoms. The lowest BCUT2D eigenvalue weighted by Gasteiger charge is -2.26. The summed E-state index contributed by atoms with van der Waals surface area (Å²) in [6.45, 7) is 0. The minimum atomic E-state index is -0.287. The SMILES string of the molecule is CNc1ccc2c(c1)OC(N)=C(C#N)C2c1cncc(Br)c1. The fourth-order valence-corrected chi connectivity index (χ4v) is 2.92. The van der Waals surface area contributed by atoms with Crippen LogP contribution in [0.5, 0.6) is 5.75 Å². The second-order valence-corrected chi connectivity index (χ2v) is 5.78. The number of aromatic nitrogens is 1. The number of nitrogens with zero attached hydrogens (tertiary/aromatic N) is 2. The van der Waals surface area contributed by atoms with E-state index < -0.39 is 0 Å². The molecule has 22 heavy (non-hydrogen) atoms. The fraction of sp³-hybridized carbons (Fsp3) is 0.125. The molecule has 0 saturated heterocycles. The van der Waals surface area contributed by atoms with E-state index in [-0.39, 0.29) is 11.8 Å². The van der Waals surface area contributed by atoms with Gasteiger partial charge in [-0.25, -0.2) is 0 Å². The maximum absolute atomic E-state index is 9.48. The predicted molar refractivity (Wildman–Crippen MR) is 87.2 cm³/mol. The summed E-state index contributed by atoms with van der Waals surface area (Å²) in [6, 6.07) is 9.85. The second kappa shape index (κ2) is 5.70. The van der Waals surface area contributed by atoms with Crippen LogP contribution in [0.1, 0.15) is 17.0 Å². The molecule has 3 N–H and O–H groups in total. The summed E-state index contributed by atoms with van der Waals surface area (Å²) < 4.78 is 6.47. The van der Waals surface area contributed by atoms with E-state index in [1.54, 1.807) is 12.4 Å². The molecule has 1 aliphatic heterocycles. The lowest BCUT2D eigenvalue weighted by molar-refractivity contribution is 0.394. The summed E-state index contributed by atoms with van der Waals surface area (Å²) in [5, 5.41) is 12.5. The van der Waals surface area contributed by atoms with E-state index >= 15 is 0 Å². The third kappa shape index (κ3) is 2.40. The van der Waals surface area contributed by atoms with Gasteiger partial charge >= 0.3 is 0 Å². The molecule has 0 fully saturated rings. The number of anilines is 1. The molecule has 3 rings (SSSR count). The van der Waals surface area contributed by atoms with Crippen LogP contribution in [0.15, 0.2) is 52.6 Å². The molecule has 2 aromatic rings. The summed E-state index contributed by atoms with van der Waals surface area (Å²) in [5.74, 6) is 0.492. The number of allylic oxidation sites excluding steroid dienone is 1. The standard InChI is InChI=1S/C16H13BrN4O/c1-20-11-2-3-12-14(5-11)22-16(19)13(6-18)15(12)9-4-10(17)8-21-7-9/h2-5,7-8,15,20H,19H2,1H3. The number of nitrogens with one attached hydrogen (secondary N) is 1. The molecule has 0 bridgehead atoms. The van der Waals surface area contributed by atoms with E-state index in [0.29, 0.717) is 11.3 Å². The zero-order valence-corrected chi connectivity index (χ0v) is 13.4. The van der Waals surface area contributed by atoms with Gasteiger partial charge in [0.05, 0.1) is 5.92 Å². The third-order valence-electron chi connectivity index (χ3n) is 3.57. The van der Waals surface area contributed by atoms with Gasteiger partial charge < -0.3 is 15.8 Å². The number of pyridine rings is 1. The van der Waals surface area contributed by atoms with Gasteiger partial charge in [-0.2, -0.15) is 5.26 Å². The van der Waals surface area contributed by atoms with Crippen molar-refractivity contribution >= 4 is 21.6 Å². The smallest absolute Gasteiger partial charge is 0.205 e. The minimum absolute atomic E-state index is 0.133. The molecule has 0 saturated carbocycles. The first-order valence-corrected chi connectivity index (χ1v) is 7.43. The van der Waals surface area contributed by atoms with Crippen molar-refractivity contribution in [2.24, 2.45) is 5.73 Å². The first kappa shape index (κ1) is 14.4. The average molecular weight is 357 g/mol. The lowest BCUT2D eigenvalue weighted by Crippen LogP contribution is -2.21. The molecule has 0 radical (unpaired) electrons. The van der Waals surface area contributed by atoms with E-state index in [4.69, 9.17) is 10.5 Å². The molecule has 1 aromatic carbocycles. The average Bonchev–Trinajstić information content (AvgIpc) is 2.52. The molecule has 6 heteroatoms. The third-order valence-corrected chi connectivity index (χ3v) is 4.00. The van der Waals surface area contributed by atoms with Crippen LogP contribution < -0.4 is 15.8 Å². The van der Waals surface area contributed by atoms with Gasteiger partial charge in [0, 0.05) is 41.2 Å². The van der Waals surface area contributed by atoms with Crippen molar-refractivity contribution in [3.05, 3.63) is 63.7 Å². The number of fused-ring (bicyclic) bond motifs is 1. The van der Waals surface area contributed by atoms with E-state index in [0.717, 1.165) is 21.3 Å². The maximum atomic E-state index is 9.48. The Morgan fingerprint density at radius 1 is 1.36 bits per heavy atom. The Kier molecular flexibility index (Phi) is 3.73. The number of rotatable bonds is 2. The molecule has 1 unspecified atom stereocenters. The number of halogens is 1. The Hall–Kier alpha value is -2.52. The van der Waals surface area contributed by atoms with E-state index in [9.17, 15) is 5.26 Å². The predicted octanol–water partition coefficient (Wildman–Crippen LogP) is 3.10. The number of ether oxygens (including phenoxy) is 1. The molecule has 5 nitrogen and oxygen atoms in total. The Labute approximate surface area is 136 Å². The van der Waals surface area contributed by atoms with Crippen LogP contribution in [0.25, 0.3) is 0 Å². The lowest BCUT2D eigenvalue weighted by atomic mass is 9.84. The molecule has 1 aromatic heterocycles. The van der Waals surface area contributed by atoms with E-state index in [1.807, 2.05) is 31.3 Å². The largest absolute Gasteiger partial charge is 0.440 e. The van der Waals surface area contributed by atoms with Crippen molar-refractivity contribution in [2.75, 3.05) is 12.4 Å². The van der Waals surface area contributed by atoms with Crippen LogP contribution in [-0.2, 0) is 0 Å². The quantitative estimate of drug-likeness (QED) is 0.863. The molecule has 0 aliphatic carbocycles. The van der Waals surface area contributed by atoms with Crippen LogP contribution in [0.2, 0.25) is 0 Å². The number of nitrogens with two attached hydrogens (primary N) is 1. The van der Waals surface area contributed by atoms with Crippen LogP contribution >= 0.6 is 15.9 Å². The number of hydrogen-bond donors (Lipinski definition) is 2. The van der Waals surface area contributed by atoms with Gasteiger partial charge in [0.2, 0.25) is 5.88 Å². The Morgan fingerprint density at radius 2 is 2.18 bits per heavy atom. The summed E-state index contributed by atoms with van der Waals surface area (Å²) in [6.07, 6.45) is 3.44. The van der Waals surface area contributed by atoms with Gasteiger partial charge in [0.25, 0.3) is 0 Å². The Balaban J connectivity index is 2.21. The van der Waals surface area contributed by atoms with Crippen molar-refractivity contribution in [3.8, 4) is 11.8 Å². The maximum Gasteiger partial charge on any atom is 0.205 e. The van der Waals surface area contributed by atoms with Crippen LogP contribution in [0.4, 0.5) is 5.69 Å². The Morgan fingerprint density at radius 3 is 2.86 bits per heavy atom. The van der Waals surface area contributed by atoms with Gasteiger partial charge in [-0.15, -0.1) is 0 Å². The highest BCUT2D eigenvalue weighted by molar-refractivity contribution is 9.10. The molecule has 1 atom stereocenters. The van der Waals surface area contributed by atoms with Gasteiger partial charge in [0.1, 0.15) is 17.4 Å². The fourth-order valence-electron chi connectivity index (χ4n) is 2.54. The van der Waals surface area contributed by atoms with Crippen molar-refractivity contribution in [2.45, 2.75) is 5.92 Å². The topological polar surface area (TPSA) is 84.0 Å². The van der Waals surface area contributed by atoms with Gasteiger partial charge in [-0.3, -0.25) is 4.98 Å².